The minimum atomic E-state index is -5.08. The van der Waals surface area contributed by atoms with Crippen molar-refractivity contribution in [3.63, 3.8) is 0 Å². The first-order valence-electron chi connectivity index (χ1n) is 10.3. The van der Waals surface area contributed by atoms with Gasteiger partial charge in [-0.05, 0) is 37.6 Å². The van der Waals surface area contributed by atoms with E-state index in [4.69, 9.17) is 9.90 Å². The molecule has 11 heteroatoms. The molecule has 2 aromatic heterocycles. The van der Waals surface area contributed by atoms with Crippen molar-refractivity contribution in [3.05, 3.63) is 77.5 Å². The van der Waals surface area contributed by atoms with E-state index in [2.05, 4.69) is 39.3 Å². The first kappa shape index (κ1) is 24.6. The topological polar surface area (TPSA) is 108 Å². The number of carbonyl (C=O) groups is 2. The predicted octanol–water partition coefficient (Wildman–Crippen LogP) is 3.80. The number of nitrogens with zero attached hydrogens (tertiary/aromatic N) is 4. The molecular weight excluding hydrogens is 451 g/mol. The van der Waals surface area contributed by atoms with Gasteiger partial charge in [0.25, 0.3) is 5.91 Å². The van der Waals surface area contributed by atoms with E-state index in [1.54, 1.807) is 30.9 Å². The molecule has 8 nitrogen and oxygen atoms in total. The van der Waals surface area contributed by atoms with E-state index in [-0.39, 0.29) is 5.91 Å². The van der Waals surface area contributed by atoms with E-state index in [1.165, 1.54) is 5.56 Å². The molecule has 1 amide bonds. The van der Waals surface area contributed by atoms with Gasteiger partial charge in [0, 0.05) is 43.2 Å². The van der Waals surface area contributed by atoms with Crippen LogP contribution in [-0.2, 0) is 17.6 Å². The minimum Gasteiger partial charge on any atom is -0.475 e. The van der Waals surface area contributed by atoms with E-state index in [0.717, 1.165) is 29.2 Å². The molecule has 4 rings (SSSR count). The Morgan fingerprint density at radius 3 is 2.35 bits per heavy atom. The molecule has 34 heavy (non-hydrogen) atoms. The van der Waals surface area contributed by atoms with Gasteiger partial charge in [0.1, 0.15) is 12.1 Å². The first-order valence-corrected chi connectivity index (χ1v) is 10.3. The summed E-state index contributed by atoms with van der Waals surface area (Å²) in [6.07, 6.45) is 1.23. The first-order chi connectivity index (χ1) is 16.1. The molecule has 0 fully saturated rings. The number of hydrogen-bond acceptors (Lipinski definition) is 6. The van der Waals surface area contributed by atoms with Crippen molar-refractivity contribution in [2.24, 2.45) is 0 Å². The van der Waals surface area contributed by atoms with Gasteiger partial charge in [0.2, 0.25) is 0 Å². The standard InChI is InChI=1S/C21H21N5O.C2HF3O2/c1-15-4-6-17(7-5-15)25-20-18-8-11-26(12-9-19(18)23-14-24-20)21(27)16-3-2-10-22-13-16;3-2(4,5)1(6)7/h2-7,10,13-14H,8-9,11-12H2,1H3,(H,23,24,25);(H,6,7). The Kier molecular flexibility index (Phi) is 7.77. The molecule has 0 saturated carbocycles. The van der Waals surface area contributed by atoms with Crippen LogP contribution in [0.3, 0.4) is 0 Å². The quantitative estimate of drug-likeness (QED) is 0.596. The summed E-state index contributed by atoms with van der Waals surface area (Å²) in [5.74, 6) is -1.93. The van der Waals surface area contributed by atoms with Crippen molar-refractivity contribution in [3.8, 4) is 0 Å². The average Bonchev–Trinajstić information content (AvgIpc) is 3.04. The molecule has 0 aliphatic carbocycles. The van der Waals surface area contributed by atoms with Crippen LogP contribution in [0, 0.1) is 6.92 Å². The number of pyridine rings is 1. The van der Waals surface area contributed by atoms with E-state index in [0.29, 0.717) is 25.1 Å². The summed E-state index contributed by atoms with van der Waals surface area (Å²) in [6, 6.07) is 11.8. The summed E-state index contributed by atoms with van der Waals surface area (Å²) in [5.41, 5.74) is 4.91. The summed E-state index contributed by atoms with van der Waals surface area (Å²) in [5, 5.41) is 10.5. The molecule has 3 aromatic rings. The van der Waals surface area contributed by atoms with E-state index < -0.39 is 12.1 Å². The lowest BCUT2D eigenvalue weighted by atomic mass is 10.1. The highest BCUT2D eigenvalue weighted by molar-refractivity contribution is 5.94. The Morgan fingerprint density at radius 2 is 1.74 bits per heavy atom. The summed E-state index contributed by atoms with van der Waals surface area (Å²) in [4.78, 5) is 36.5. The average molecular weight is 473 g/mol. The van der Waals surface area contributed by atoms with Gasteiger partial charge in [0.15, 0.2) is 0 Å². The highest BCUT2D eigenvalue weighted by Gasteiger charge is 2.38. The molecule has 0 unspecified atom stereocenters. The van der Waals surface area contributed by atoms with Crippen molar-refractivity contribution < 1.29 is 27.9 Å². The lowest BCUT2D eigenvalue weighted by Gasteiger charge is -2.20. The number of hydrogen-bond donors (Lipinski definition) is 2. The second-order valence-electron chi connectivity index (χ2n) is 7.48. The van der Waals surface area contributed by atoms with Crippen molar-refractivity contribution >= 4 is 23.4 Å². The highest BCUT2D eigenvalue weighted by Crippen LogP contribution is 2.24. The third-order valence-corrected chi connectivity index (χ3v) is 5.04. The molecule has 1 aliphatic heterocycles. The number of rotatable bonds is 3. The third kappa shape index (κ3) is 6.50. The van der Waals surface area contributed by atoms with Crippen molar-refractivity contribution in [2.45, 2.75) is 25.9 Å². The molecule has 1 aliphatic rings. The molecule has 0 atom stereocenters. The Hall–Kier alpha value is -4.02. The summed E-state index contributed by atoms with van der Waals surface area (Å²) < 4.78 is 31.7. The lowest BCUT2D eigenvalue weighted by Crippen LogP contribution is -2.33. The number of aliphatic carboxylic acids is 1. The molecule has 0 bridgehead atoms. The van der Waals surface area contributed by atoms with Gasteiger partial charge >= 0.3 is 12.1 Å². The van der Waals surface area contributed by atoms with Crippen LogP contribution in [-0.4, -0.2) is 56.1 Å². The molecule has 2 N–H and O–H groups in total. The highest BCUT2D eigenvalue weighted by atomic mass is 19.4. The van der Waals surface area contributed by atoms with Gasteiger partial charge in [-0.3, -0.25) is 9.78 Å². The molecule has 0 saturated heterocycles. The van der Waals surface area contributed by atoms with Crippen molar-refractivity contribution in [1.82, 2.24) is 19.9 Å². The maximum absolute atomic E-state index is 12.7. The summed E-state index contributed by atoms with van der Waals surface area (Å²) in [7, 11) is 0. The minimum absolute atomic E-state index is 0.0110. The number of amides is 1. The van der Waals surface area contributed by atoms with Crippen LogP contribution in [0.25, 0.3) is 0 Å². The number of fused-ring (bicyclic) bond motifs is 1. The SMILES string of the molecule is Cc1ccc(Nc2ncnc3c2CCN(C(=O)c2cccnc2)CC3)cc1.O=C(O)C(F)(F)F. The van der Waals surface area contributed by atoms with Gasteiger partial charge in [-0.15, -0.1) is 0 Å². The number of aromatic nitrogens is 3. The Labute approximate surface area is 193 Å². The van der Waals surface area contributed by atoms with Crippen LogP contribution in [0.1, 0.15) is 27.2 Å². The summed E-state index contributed by atoms with van der Waals surface area (Å²) in [6.45, 7) is 3.34. The zero-order valence-corrected chi connectivity index (χ0v) is 18.2. The lowest BCUT2D eigenvalue weighted by molar-refractivity contribution is -0.192. The number of carboxylic acid groups (broad SMARTS) is 1. The van der Waals surface area contributed by atoms with Crippen molar-refractivity contribution in [2.75, 3.05) is 18.4 Å². The van der Waals surface area contributed by atoms with Gasteiger partial charge < -0.3 is 15.3 Å². The van der Waals surface area contributed by atoms with Gasteiger partial charge in [-0.1, -0.05) is 17.7 Å². The monoisotopic (exact) mass is 473 g/mol. The van der Waals surface area contributed by atoms with Gasteiger partial charge in [0.05, 0.1) is 11.3 Å². The smallest absolute Gasteiger partial charge is 0.475 e. The van der Waals surface area contributed by atoms with Crippen LogP contribution in [0.4, 0.5) is 24.7 Å². The maximum atomic E-state index is 12.7. The Balaban J connectivity index is 0.000000406. The van der Waals surface area contributed by atoms with Crippen LogP contribution >= 0.6 is 0 Å². The Morgan fingerprint density at radius 1 is 1.06 bits per heavy atom. The molecule has 0 radical (unpaired) electrons. The van der Waals surface area contributed by atoms with Crippen LogP contribution < -0.4 is 5.32 Å². The van der Waals surface area contributed by atoms with E-state index in [1.807, 2.05) is 17.0 Å². The number of anilines is 2. The normalized spacial score (nSPS) is 13.1. The maximum Gasteiger partial charge on any atom is 0.490 e. The van der Waals surface area contributed by atoms with Crippen LogP contribution in [0.2, 0.25) is 0 Å². The molecule has 1 aromatic carbocycles. The van der Waals surface area contributed by atoms with Gasteiger partial charge in [-0.2, -0.15) is 13.2 Å². The van der Waals surface area contributed by atoms with Crippen LogP contribution in [0.5, 0.6) is 0 Å². The van der Waals surface area contributed by atoms with Crippen molar-refractivity contribution in [1.29, 1.82) is 0 Å². The summed E-state index contributed by atoms with van der Waals surface area (Å²) >= 11 is 0. The molecule has 178 valence electrons. The molecule has 3 heterocycles. The van der Waals surface area contributed by atoms with Crippen LogP contribution in [0.15, 0.2) is 55.1 Å². The van der Waals surface area contributed by atoms with E-state index >= 15 is 0 Å². The number of alkyl halides is 3. The fraction of sp³-hybridized carbons (Fsp3) is 0.261. The second-order valence-corrected chi connectivity index (χ2v) is 7.48. The number of carbonyl (C=O) groups excluding carboxylic acids is 1. The zero-order chi connectivity index (χ0) is 24.7. The number of aryl methyl sites for hydroxylation is 1. The fourth-order valence-electron chi connectivity index (χ4n) is 3.28. The van der Waals surface area contributed by atoms with E-state index in [9.17, 15) is 18.0 Å². The number of benzene rings is 1. The number of halogens is 3. The number of nitrogens with one attached hydrogen (secondary N) is 1. The Bertz CT molecular complexity index is 1140. The zero-order valence-electron chi connectivity index (χ0n) is 18.2. The number of carboxylic acids is 1. The second kappa shape index (κ2) is 10.7. The third-order valence-electron chi connectivity index (χ3n) is 5.04. The van der Waals surface area contributed by atoms with Gasteiger partial charge in [-0.25, -0.2) is 14.8 Å². The molecular formula is C23H22F3N5O3. The fourth-order valence-corrected chi connectivity index (χ4v) is 3.28. The molecule has 0 spiro atoms. The largest absolute Gasteiger partial charge is 0.490 e. The predicted molar refractivity (Wildman–Crippen MR) is 118 cm³/mol.